The molecule has 5 heteroatoms. The summed E-state index contributed by atoms with van der Waals surface area (Å²) >= 11 is 0. The van der Waals surface area contributed by atoms with Gasteiger partial charge in [0.2, 0.25) is 11.8 Å². The Balaban J connectivity index is 2.57. The zero-order chi connectivity index (χ0) is 15.3. The van der Waals surface area contributed by atoms with Crippen molar-refractivity contribution >= 4 is 17.8 Å². The molecule has 1 heterocycles. The van der Waals surface area contributed by atoms with E-state index in [1.165, 1.54) is 4.90 Å². The summed E-state index contributed by atoms with van der Waals surface area (Å²) < 4.78 is 5.28. The number of likely N-dealkylation sites (tertiary alicyclic amines) is 1. The molecule has 1 fully saturated rings. The van der Waals surface area contributed by atoms with Crippen molar-refractivity contribution in [2.24, 2.45) is 11.8 Å². The number of unbranched alkanes of at least 4 members (excludes halogenated alkanes) is 1. The normalized spacial score (nSPS) is 20.6. The maximum Gasteiger partial charge on any atom is 0.319 e. The first-order valence-electron chi connectivity index (χ1n) is 7.41. The summed E-state index contributed by atoms with van der Waals surface area (Å²) in [6.45, 7) is 8.29. The molecule has 2 amide bonds. The minimum Gasteiger partial charge on any atom is -0.462 e. The van der Waals surface area contributed by atoms with Crippen LogP contribution >= 0.6 is 0 Å². The van der Waals surface area contributed by atoms with E-state index in [1.807, 2.05) is 27.7 Å². The third-order valence-electron chi connectivity index (χ3n) is 3.38. The third-order valence-corrected chi connectivity index (χ3v) is 3.38. The number of hydrogen-bond donors (Lipinski definition) is 0. The zero-order valence-corrected chi connectivity index (χ0v) is 12.8. The highest BCUT2D eigenvalue weighted by Gasteiger charge is 2.43. The van der Waals surface area contributed by atoms with Crippen molar-refractivity contribution in [3.8, 4) is 0 Å². The van der Waals surface area contributed by atoms with Crippen LogP contribution in [0, 0.1) is 11.8 Å². The van der Waals surface area contributed by atoms with Crippen molar-refractivity contribution in [1.82, 2.24) is 4.90 Å². The van der Waals surface area contributed by atoms with Gasteiger partial charge < -0.3 is 4.74 Å². The van der Waals surface area contributed by atoms with Gasteiger partial charge in [-0.15, -0.1) is 0 Å². The van der Waals surface area contributed by atoms with Crippen LogP contribution in [0.15, 0.2) is 0 Å². The molecule has 20 heavy (non-hydrogen) atoms. The lowest BCUT2D eigenvalue weighted by Crippen LogP contribution is -2.34. The smallest absolute Gasteiger partial charge is 0.319 e. The second kappa shape index (κ2) is 7.41. The van der Waals surface area contributed by atoms with Crippen molar-refractivity contribution in [3.63, 3.8) is 0 Å². The number of hydrogen-bond acceptors (Lipinski definition) is 4. The lowest BCUT2D eigenvalue weighted by molar-refractivity contribution is -0.157. The van der Waals surface area contributed by atoms with Gasteiger partial charge in [-0.25, -0.2) is 0 Å². The fourth-order valence-corrected chi connectivity index (χ4v) is 2.41. The van der Waals surface area contributed by atoms with E-state index >= 15 is 0 Å². The number of carbonyl (C=O) groups excluding carboxylic acids is 3. The van der Waals surface area contributed by atoms with E-state index in [0.29, 0.717) is 12.5 Å². The summed E-state index contributed by atoms with van der Waals surface area (Å²) in [6, 6.07) is 0. The predicted octanol–water partition coefficient (Wildman–Crippen LogP) is 2.14. The molecule has 0 aromatic heterocycles. The molecule has 1 rings (SSSR count). The summed E-state index contributed by atoms with van der Waals surface area (Å²) in [5, 5.41) is 0. The Kier molecular flexibility index (Phi) is 6.17. The van der Waals surface area contributed by atoms with Crippen LogP contribution < -0.4 is 0 Å². The van der Waals surface area contributed by atoms with Gasteiger partial charge in [0.25, 0.3) is 0 Å². The number of rotatable bonds is 7. The molecule has 5 nitrogen and oxygen atoms in total. The van der Waals surface area contributed by atoms with Gasteiger partial charge in [0, 0.05) is 13.0 Å². The Morgan fingerprint density at radius 3 is 2.55 bits per heavy atom. The van der Waals surface area contributed by atoms with Crippen molar-refractivity contribution < 1.29 is 19.1 Å². The quantitative estimate of drug-likeness (QED) is 0.408. The second-order valence-corrected chi connectivity index (χ2v) is 5.87. The standard InChI is InChI=1S/C15H25NO4/c1-5-6-7-16-13(17)9-12(14(16)18)15(19)20-11(4)8-10(2)3/h10-12H,5-9H2,1-4H3. The highest BCUT2D eigenvalue weighted by atomic mass is 16.5. The second-order valence-electron chi connectivity index (χ2n) is 5.87. The summed E-state index contributed by atoms with van der Waals surface area (Å²) in [4.78, 5) is 37.0. The average Bonchev–Trinajstić information content (AvgIpc) is 2.61. The summed E-state index contributed by atoms with van der Waals surface area (Å²) in [7, 11) is 0. The first kappa shape index (κ1) is 16.7. The Bertz CT molecular complexity index is 378. The van der Waals surface area contributed by atoms with E-state index in [4.69, 9.17) is 4.74 Å². The van der Waals surface area contributed by atoms with Gasteiger partial charge in [-0.2, -0.15) is 0 Å². The molecule has 0 radical (unpaired) electrons. The van der Waals surface area contributed by atoms with Crippen LogP contribution in [0.5, 0.6) is 0 Å². The van der Waals surface area contributed by atoms with E-state index in [1.54, 1.807) is 0 Å². The lowest BCUT2D eigenvalue weighted by atomic mass is 10.1. The van der Waals surface area contributed by atoms with Gasteiger partial charge in [0.05, 0.1) is 6.10 Å². The summed E-state index contributed by atoms with van der Waals surface area (Å²) in [5.41, 5.74) is 0. The van der Waals surface area contributed by atoms with E-state index in [0.717, 1.165) is 19.3 Å². The first-order valence-corrected chi connectivity index (χ1v) is 7.41. The van der Waals surface area contributed by atoms with Crippen LogP contribution in [0.4, 0.5) is 0 Å². The number of carbonyl (C=O) groups is 3. The predicted molar refractivity (Wildman–Crippen MR) is 74.7 cm³/mol. The molecule has 0 aromatic carbocycles. The van der Waals surface area contributed by atoms with Crippen molar-refractivity contribution in [2.75, 3.05) is 6.54 Å². The van der Waals surface area contributed by atoms with E-state index in [2.05, 4.69) is 0 Å². The van der Waals surface area contributed by atoms with Gasteiger partial charge in [-0.05, 0) is 25.7 Å². The van der Waals surface area contributed by atoms with Crippen LogP contribution in [0.2, 0.25) is 0 Å². The largest absolute Gasteiger partial charge is 0.462 e. The fraction of sp³-hybridized carbons (Fsp3) is 0.800. The molecule has 2 atom stereocenters. The fourth-order valence-electron chi connectivity index (χ4n) is 2.41. The van der Waals surface area contributed by atoms with Gasteiger partial charge in [0.1, 0.15) is 5.92 Å². The zero-order valence-electron chi connectivity index (χ0n) is 12.8. The number of imide groups is 1. The van der Waals surface area contributed by atoms with Gasteiger partial charge in [-0.3, -0.25) is 19.3 Å². The number of amides is 2. The van der Waals surface area contributed by atoms with E-state index < -0.39 is 17.8 Å². The van der Waals surface area contributed by atoms with Crippen LogP contribution in [-0.2, 0) is 19.1 Å². The molecule has 0 spiro atoms. The monoisotopic (exact) mass is 283 g/mol. The van der Waals surface area contributed by atoms with Gasteiger partial charge in [-0.1, -0.05) is 27.2 Å². The highest BCUT2D eigenvalue weighted by Crippen LogP contribution is 2.22. The number of ether oxygens (including phenoxy) is 1. The molecule has 0 N–H and O–H groups in total. The van der Waals surface area contributed by atoms with Crippen molar-refractivity contribution in [3.05, 3.63) is 0 Å². The number of nitrogens with zero attached hydrogens (tertiary/aromatic N) is 1. The van der Waals surface area contributed by atoms with Crippen LogP contribution in [0.25, 0.3) is 0 Å². The molecular weight excluding hydrogens is 258 g/mol. The Labute approximate surface area is 120 Å². The number of esters is 1. The Hall–Kier alpha value is -1.39. The molecule has 0 aliphatic carbocycles. The van der Waals surface area contributed by atoms with Crippen molar-refractivity contribution in [2.45, 2.75) is 59.5 Å². The topological polar surface area (TPSA) is 63.7 Å². The first-order chi connectivity index (χ1) is 9.36. The van der Waals surface area contributed by atoms with Crippen LogP contribution in [-0.4, -0.2) is 35.3 Å². The van der Waals surface area contributed by atoms with Gasteiger partial charge >= 0.3 is 5.97 Å². The minimum absolute atomic E-state index is 0.0459. The van der Waals surface area contributed by atoms with Crippen LogP contribution in [0.1, 0.15) is 53.4 Å². The maximum atomic E-state index is 12.1. The Morgan fingerprint density at radius 1 is 1.35 bits per heavy atom. The van der Waals surface area contributed by atoms with Crippen molar-refractivity contribution in [1.29, 1.82) is 0 Å². The third kappa shape index (κ3) is 4.32. The highest BCUT2D eigenvalue weighted by molar-refractivity contribution is 6.12. The SMILES string of the molecule is CCCCN1C(=O)CC(C(=O)OC(C)CC(C)C)C1=O. The van der Waals surface area contributed by atoms with Gasteiger partial charge in [0.15, 0.2) is 0 Å². The Morgan fingerprint density at radius 2 is 2.00 bits per heavy atom. The van der Waals surface area contributed by atoms with Crippen LogP contribution in [0.3, 0.4) is 0 Å². The molecule has 0 saturated carbocycles. The molecule has 1 aliphatic rings. The molecule has 0 aromatic rings. The van der Waals surface area contributed by atoms with E-state index in [9.17, 15) is 14.4 Å². The minimum atomic E-state index is -0.936. The molecule has 0 bridgehead atoms. The average molecular weight is 283 g/mol. The maximum absolute atomic E-state index is 12.1. The summed E-state index contributed by atoms with van der Waals surface area (Å²) in [6.07, 6.45) is 2.14. The molecule has 1 aliphatic heterocycles. The lowest BCUT2D eigenvalue weighted by Gasteiger charge is -2.17. The van der Waals surface area contributed by atoms with E-state index in [-0.39, 0.29) is 18.4 Å². The molecule has 114 valence electrons. The summed E-state index contributed by atoms with van der Waals surface area (Å²) in [5.74, 6) is -1.74. The molecular formula is C15H25NO4. The molecule has 2 unspecified atom stereocenters. The molecule has 1 saturated heterocycles.